The van der Waals surface area contributed by atoms with Crippen molar-refractivity contribution < 1.29 is 13.6 Å². The quantitative estimate of drug-likeness (QED) is 0.780. The average molecular weight is 288 g/mol. The molecule has 16 heavy (non-hydrogen) atoms. The van der Waals surface area contributed by atoms with E-state index in [1.165, 1.54) is 6.07 Å². The summed E-state index contributed by atoms with van der Waals surface area (Å²) in [5, 5.41) is 2.55. The van der Waals surface area contributed by atoms with E-state index in [2.05, 4.69) is 21.2 Å². The Morgan fingerprint density at radius 3 is 2.81 bits per heavy atom. The number of rotatable bonds is 0. The first kappa shape index (κ1) is 10.2. The number of carbonyl (C=O) groups excluding carboxylic acids is 1. The van der Waals surface area contributed by atoms with Crippen molar-refractivity contribution in [1.29, 1.82) is 0 Å². The van der Waals surface area contributed by atoms with Gasteiger partial charge < -0.3 is 5.32 Å². The fourth-order valence-electron chi connectivity index (χ4n) is 2.34. The van der Waals surface area contributed by atoms with Gasteiger partial charge in [-0.25, -0.2) is 8.78 Å². The maximum absolute atomic E-state index is 13.7. The van der Waals surface area contributed by atoms with E-state index >= 15 is 0 Å². The highest BCUT2D eigenvalue weighted by Crippen LogP contribution is 2.53. The predicted molar refractivity (Wildman–Crippen MR) is 57.6 cm³/mol. The van der Waals surface area contributed by atoms with E-state index in [9.17, 15) is 13.6 Å². The minimum absolute atomic E-state index is 0.00500. The van der Waals surface area contributed by atoms with Crippen molar-refractivity contribution in [3.63, 3.8) is 0 Å². The van der Waals surface area contributed by atoms with E-state index < -0.39 is 23.3 Å². The van der Waals surface area contributed by atoms with E-state index in [4.69, 9.17) is 0 Å². The van der Waals surface area contributed by atoms with E-state index in [-0.39, 0.29) is 12.1 Å². The number of benzene rings is 1. The fraction of sp³-hybridized carbons (Fsp3) is 0.364. The van der Waals surface area contributed by atoms with Crippen LogP contribution in [-0.2, 0) is 5.41 Å². The van der Waals surface area contributed by atoms with Gasteiger partial charge in [0.15, 0.2) is 0 Å². The number of amides is 1. The second kappa shape index (κ2) is 3.03. The van der Waals surface area contributed by atoms with Crippen molar-refractivity contribution in [2.24, 2.45) is 0 Å². The van der Waals surface area contributed by atoms with Gasteiger partial charge in [0.1, 0.15) is 12.0 Å². The van der Waals surface area contributed by atoms with Crippen LogP contribution in [0.5, 0.6) is 0 Å². The molecule has 1 saturated carbocycles. The van der Waals surface area contributed by atoms with Gasteiger partial charge in [-0.1, -0.05) is 15.9 Å². The molecule has 1 aromatic rings. The Labute approximate surface area is 99.2 Å². The van der Waals surface area contributed by atoms with Crippen molar-refractivity contribution in [3.05, 3.63) is 33.5 Å². The van der Waals surface area contributed by atoms with Gasteiger partial charge in [0.2, 0.25) is 0 Å². The third-order valence-electron chi connectivity index (χ3n) is 3.37. The van der Waals surface area contributed by atoms with Gasteiger partial charge in [0.05, 0.1) is 5.56 Å². The maximum Gasteiger partial charge on any atom is 0.254 e. The maximum atomic E-state index is 13.7. The number of carbonyl (C=O) groups is 1. The van der Waals surface area contributed by atoms with Crippen LogP contribution in [0.15, 0.2) is 16.6 Å². The molecule has 1 aliphatic carbocycles. The first-order valence-corrected chi connectivity index (χ1v) is 5.76. The van der Waals surface area contributed by atoms with Crippen molar-refractivity contribution >= 4 is 21.8 Å². The molecule has 0 saturated heterocycles. The van der Waals surface area contributed by atoms with E-state index in [0.29, 0.717) is 16.5 Å². The Morgan fingerprint density at radius 1 is 1.50 bits per heavy atom. The second-order valence-electron chi connectivity index (χ2n) is 4.32. The molecule has 2 atom stereocenters. The zero-order valence-corrected chi connectivity index (χ0v) is 9.77. The minimum Gasteiger partial charge on any atom is -0.351 e. The Bertz CT molecular complexity index is 505. The highest BCUT2D eigenvalue weighted by molar-refractivity contribution is 9.10. The molecule has 1 amide bonds. The number of hydrogen-bond donors (Lipinski definition) is 1. The lowest BCUT2D eigenvalue weighted by Crippen LogP contribution is -2.41. The Morgan fingerprint density at radius 2 is 2.19 bits per heavy atom. The summed E-state index contributed by atoms with van der Waals surface area (Å²) in [6.07, 6.45) is -0.628. The molecule has 2 aliphatic rings. The van der Waals surface area contributed by atoms with Gasteiger partial charge in [-0.3, -0.25) is 4.79 Å². The van der Waals surface area contributed by atoms with E-state index in [1.54, 1.807) is 6.07 Å². The zero-order chi connectivity index (χ0) is 11.5. The highest BCUT2D eigenvalue weighted by Gasteiger charge is 2.60. The monoisotopic (exact) mass is 287 g/mol. The van der Waals surface area contributed by atoms with Gasteiger partial charge in [0, 0.05) is 16.4 Å². The smallest absolute Gasteiger partial charge is 0.254 e. The van der Waals surface area contributed by atoms with Gasteiger partial charge in [-0.2, -0.15) is 0 Å². The van der Waals surface area contributed by atoms with Crippen molar-refractivity contribution in [2.45, 2.75) is 18.0 Å². The van der Waals surface area contributed by atoms with Gasteiger partial charge in [-0.05, 0) is 24.1 Å². The number of halogens is 3. The van der Waals surface area contributed by atoms with Crippen LogP contribution in [-0.4, -0.2) is 18.6 Å². The lowest BCUT2D eigenvalue weighted by molar-refractivity contribution is 0.0930. The third kappa shape index (κ3) is 1.18. The first-order valence-electron chi connectivity index (χ1n) is 4.96. The average Bonchev–Trinajstić information content (AvgIpc) is 2.84. The molecule has 1 fully saturated rings. The highest BCUT2D eigenvalue weighted by atomic mass is 79.9. The van der Waals surface area contributed by atoms with Gasteiger partial charge in [-0.15, -0.1) is 0 Å². The normalized spacial score (nSPS) is 31.2. The SMILES string of the molecule is O=C1NCC2(CC2F)c2cc(Br)cc(F)c21. The van der Waals surface area contributed by atoms with Crippen LogP contribution in [0.1, 0.15) is 22.3 Å². The third-order valence-corrected chi connectivity index (χ3v) is 3.82. The summed E-state index contributed by atoms with van der Waals surface area (Å²) < 4.78 is 27.6. The van der Waals surface area contributed by atoms with Crippen LogP contribution in [0, 0.1) is 5.82 Å². The van der Waals surface area contributed by atoms with Crippen LogP contribution < -0.4 is 5.32 Å². The molecule has 5 heteroatoms. The number of fused-ring (bicyclic) bond motifs is 2. The molecule has 1 N–H and O–H groups in total. The molecule has 1 heterocycles. The largest absolute Gasteiger partial charge is 0.351 e. The molecule has 2 unspecified atom stereocenters. The van der Waals surface area contributed by atoms with Crippen molar-refractivity contribution in [1.82, 2.24) is 5.32 Å². The molecular formula is C11H8BrF2NO. The molecule has 2 nitrogen and oxygen atoms in total. The summed E-state index contributed by atoms with van der Waals surface area (Å²) in [6, 6.07) is 2.88. The Kier molecular flexibility index (Phi) is 1.93. The van der Waals surface area contributed by atoms with Crippen LogP contribution in [0.3, 0.4) is 0 Å². The molecule has 1 aliphatic heterocycles. The Balaban J connectivity index is 2.26. The van der Waals surface area contributed by atoms with Crippen LogP contribution in [0.25, 0.3) is 0 Å². The minimum atomic E-state index is -0.986. The van der Waals surface area contributed by atoms with Crippen LogP contribution >= 0.6 is 15.9 Å². The number of hydrogen-bond acceptors (Lipinski definition) is 1. The molecule has 0 bridgehead atoms. The van der Waals surface area contributed by atoms with E-state index in [0.717, 1.165) is 0 Å². The molecule has 3 rings (SSSR count). The van der Waals surface area contributed by atoms with Crippen LogP contribution in [0.2, 0.25) is 0 Å². The topological polar surface area (TPSA) is 29.1 Å². The summed E-state index contributed by atoms with van der Waals surface area (Å²) >= 11 is 3.17. The predicted octanol–water partition coefficient (Wildman–Crippen LogP) is 2.31. The van der Waals surface area contributed by atoms with Crippen molar-refractivity contribution in [2.75, 3.05) is 6.54 Å². The summed E-state index contributed by atoms with van der Waals surface area (Å²) in [5.41, 5.74) is -0.196. The summed E-state index contributed by atoms with van der Waals surface area (Å²) in [4.78, 5) is 11.6. The molecule has 1 aromatic carbocycles. The van der Waals surface area contributed by atoms with Crippen LogP contribution in [0.4, 0.5) is 8.78 Å². The summed E-state index contributed by atoms with van der Waals surface area (Å²) in [5.74, 6) is -1.05. The molecular weight excluding hydrogens is 280 g/mol. The molecule has 0 radical (unpaired) electrons. The molecule has 1 spiro atoms. The van der Waals surface area contributed by atoms with Gasteiger partial charge in [0.25, 0.3) is 5.91 Å². The molecule has 0 aromatic heterocycles. The fourth-order valence-corrected chi connectivity index (χ4v) is 2.77. The zero-order valence-electron chi connectivity index (χ0n) is 8.19. The lowest BCUT2D eigenvalue weighted by atomic mass is 9.87. The first-order chi connectivity index (χ1) is 7.54. The Hall–Kier alpha value is -0.970. The number of nitrogens with one attached hydrogen (secondary N) is 1. The lowest BCUT2D eigenvalue weighted by Gasteiger charge is -2.26. The van der Waals surface area contributed by atoms with Crippen molar-refractivity contribution in [3.8, 4) is 0 Å². The molecule has 84 valence electrons. The summed E-state index contributed by atoms with van der Waals surface area (Å²) in [7, 11) is 0. The second-order valence-corrected chi connectivity index (χ2v) is 5.24. The number of alkyl halides is 1. The van der Waals surface area contributed by atoms with E-state index in [1.807, 2.05) is 0 Å². The summed E-state index contributed by atoms with van der Waals surface area (Å²) in [6.45, 7) is 0.260. The van der Waals surface area contributed by atoms with Gasteiger partial charge >= 0.3 is 0 Å². The standard InChI is InChI=1S/C11H8BrF2NO/c12-5-1-6-9(7(13)2-5)10(16)15-4-11(6)3-8(11)14/h1-2,8H,3-4H2,(H,15,16).